The molecule has 0 atom stereocenters. The zero-order valence-electron chi connectivity index (χ0n) is 14.1. The van der Waals surface area contributed by atoms with Crippen molar-refractivity contribution >= 4 is 28.5 Å². The van der Waals surface area contributed by atoms with E-state index in [1.165, 1.54) is 0 Å². The Labute approximate surface area is 141 Å². The quantitative estimate of drug-likeness (QED) is 0.582. The van der Waals surface area contributed by atoms with E-state index in [1.54, 1.807) is 6.92 Å². The molecule has 0 unspecified atom stereocenters. The average molecular weight is 325 g/mol. The molecule has 6 nitrogen and oxygen atoms in total. The van der Waals surface area contributed by atoms with E-state index in [9.17, 15) is 4.79 Å². The Morgan fingerprint density at radius 1 is 1.33 bits per heavy atom. The lowest BCUT2D eigenvalue weighted by Gasteiger charge is -2.32. The number of rotatable bonds is 2. The fourth-order valence-corrected chi connectivity index (χ4v) is 3.04. The van der Waals surface area contributed by atoms with E-state index in [1.807, 2.05) is 31.2 Å². The molecule has 2 heterocycles. The molecule has 0 aliphatic carbocycles. The van der Waals surface area contributed by atoms with Gasteiger partial charge in [0.25, 0.3) is 5.91 Å². The minimum atomic E-state index is -0.289. The van der Waals surface area contributed by atoms with Gasteiger partial charge in [0.1, 0.15) is 5.82 Å². The summed E-state index contributed by atoms with van der Waals surface area (Å²) in [6, 6.07) is 8.11. The molecule has 1 aliphatic rings. The van der Waals surface area contributed by atoms with Crippen LogP contribution in [0, 0.1) is 12.3 Å². The van der Waals surface area contributed by atoms with Gasteiger partial charge in [-0.3, -0.25) is 10.2 Å². The summed E-state index contributed by atoms with van der Waals surface area (Å²) >= 11 is 0. The molecule has 0 radical (unpaired) electrons. The second-order valence-electron chi connectivity index (χ2n) is 6.46. The van der Waals surface area contributed by atoms with Crippen molar-refractivity contribution in [1.82, 2.24) is 10.3 Å². The van der Waals surface area contributed by atoms with Gasteiger partial charge in [0, 0.05) is 24.5 Å². The smallest absolute Gasteiger partial charge is 0.260 e. The highest BCUT2D eigenvalue weighted by Crippen LogP contribution is 2.26. The summed E-state index contributed by atoms with van der Waals surface area (Å²) in [5.74, 6) is 0.510. The van der Waals surface area contributed by atoms with Crippen molar-refractivity contribution in [1.29, 1.82) is 5.41 Å². The molecule has 0 saturated carbocycles. The van der Waals surface area contributed by atoms with Gasteiger partial charge in [0.15, 0.2) is 0 Å². The second-order valence-corrected chi connectivity index (χ2v) is 6.46. The van der Waals surface area contributed by atoms with Gasteiger partial charge in [-0.25, -0.2) is 4.98 Å². The maximum Gasteiger partial charge on any atom is 0.260 e. The number of aromatic nitrogens is 1. The van der Waals surface area contributed by atoms with E-state index >= 15 is 0 Å². The molecule has 0 bridgehead atoms. The lowest BCUT2D eigenvalue weighted by Crippen LogP contribution is -2.41. The minimum Gasteiger partial charge on any atom is -0.356 e. The van der Waals surface area contributed by atoms with Crippen molar-refractivity contribution in [3.63, 3.8) is 0 Å². The van der Waals surface area contributed by atoms with Crippen molar-refractivity contribution in [3.05, 3.63) is 35.4 Å². The fourth-order valence-electron chi connectivity index (χ4n) is 3.04. The van der Waals surface area contributed by atoms with Crippen molar-refractivity contribution < 1.29 is 4.79 Å². The number of carbonyl (C=O) groups excluding carboxylic acids is 1. The second kappa shape index (κ2) is 6.57. The lowest BCUT2D eigenvalue weighted by molar-refractivity contribution is 0.0977. The first-order valence-corrected chi connectivity index (χ1v) is 8.22. The number of hydrogen-bond acceptors (Lipinski definition) is 5. The summed E-state index contributed by atoms with van der Waals surface area (Å²) in [6.07, 6.45) is 1.77. The summed E-state index contributed by atoms with van der Waals surface area (Å²) in [7, 11) is 0. The number of amidine groups is 1. The largest absolute Gasteiger partial charge is 0.356 e. The molecule has 126 valence electrons. The van der Waals surface area contributed by atoms with Crippen molar-refractivity contribution in [2.24, 2.45) is 5.73 Å². The van der Waals surface area contributed by atoms with E-state index in [4.69, 9.17) is 16.1 Å². The van der Waals surface area contributed by atoms with Gasteiger partial charge in [-0.1, -0.05) is 11.6 Å². The first-order chi connectivity index (χ1) is 11.4. The molecule has 6 heteroatoms. The average Bonchev–Trinajstić information content (AvgIpc) is 2.53. The van der Waals surface area contributed by atoms with Gasteiger partial charge in [-0.05, 0) is 44.9 Å². The third-order valence-corrected chi connectivity index (χ3v) is 4.33. The molecular formula is C18H23N5O. The highest BCUT2D eigenvalue weighted by molar-refractivity contribution is 6.09. The summed E-state index contributed by atoms with van der Waals surface area (Å²) in [4.78, 5) is 19.4. The Morgan fingerprint density at radius 3 is 2.71 bits per heavy atom. The van der Waals surface area contributed by atoms with Crippen molar-refractivity contribution in [3.8, 4) is 0 Å². The van der Waals surface area contributed by atoms with Gasteiger partial charge >= 0.3 is 0 Å². The normalized spacial score (nSPS) is 15.5. The molecule has 1 aliphatic heterocycles. The maximum absolute atomic E-state index is 12.6. The SMILES string of the molecule is CC(=N)NC(=O)c1cc2cc(C)ccc2nc1N1CCC(N)CC1. The molecule has 1 saturated heterocycles. The van der Waals surface area contributed by atoms with Gasteiger partial charge in [0.05, 0.1) is 16.9 Å². The summed E-state index contributed by atoms with van der Waals surface area (Å²) in [5.41, 5.74) is 8.49. The molecule has 2 aromatic rings. The molecule has 24 heavy (non-hydrogen) atoms. The Hall–Kier alpha value is -2.47. The predicted octanol–water partition coefficient (Wildman–Crippen LogP) is 2.20. The molecule has 3 rings (SSSR count). The van der Waals surface area contributed by atoms with Crippen LogP contribution in [-0.4, -0.2) is 35.9 Å². The van der Waals surface area contributed by atoms with Crippen LogP contribution >= 0.6 is 0 Å². The molecule has 0 spiro atoms. The number of benzene rings is 1. The first-order valence-electron chi connectivity index (χ1n) is 8.22. The number of aryl methyl sites for hydroxylation is 1. The van der Waals surface area contributed by atoms with Gasteiger partial charge in [-0.15, -0.1) is 0 Å². The van der Waals surface area contributed by atoms with Crippen LogP contribution in [-0.2, 0) is 0 Å². The van der Waals surface area contributed by atoms with E-state index in [2.05, 4.69) is 10.2 Å². The minimum absolute atomic E-state index is 0.121. The van der Waals surface area contributed by atoms with Crippen molar-refractivity contribution in [2.75, 3.05) is 18.0 Å². The third kappa shape index (κ3) is 3.38. The van der Waals surface area contributed by atoms with Crippen LogP contribution in [0.15, 0.2) is 24.3 Å². The highest BCUT2D eigenvalue weighted by Gasteiger charge is 2.23. The van der Waals surface area contributed by atoms with Crippen LogP contribution in [0.4, 0.5) is 5.82 Å². The Kier molecular flexibility index (Phi) is 4.49. The standard InChI is InChI=1S/C18H23N5O/c1-11-3-4-16-13(9-11)10-15(18(24)21-12(2)19)17(22-16)23-7-5-14(20)6-8-23/h3-4,9-10,14H,5-8,20H2,1-2H3,(H2,19,21,24). The van der Waals surface area contributed by atoms with E-state index in [-0.39, 0.29) is 17.8 Å². The number of nitrogens with zero attached hydrogens (tertiary/aromatic N) is 2. The van der Waals surface area contributed by atoms with Crippen molar-refractivity contribution in [2.45, 2.75) is 32.7 Å². The summed E-state index contributed by atoms with van der Waals surface area (Å²) < 4.78 is 0. The zero-order valence-corrected chi connectivity index (χ0v) is 14.1. The number of piperidine rings is 1. The zero-order chi connectivity index (χ0) is 17.3. The Morgan fingerprint density at radius 2 is 2.04 bits per heavy atom. The van der Waals surface area contributed by atoms with Gasteiger partial charge < -0.3 is 16.0 Å². The molecular weight excluding hydrogens is 302 g/mol. The van der Waals surface area contributed by atoms with E-state index < -0.39 is 0 Å². The molecule has 1 fully saturated rings. The monoisotopic (exact) mass is 325 g/mol. The van der Waals surface area contributed by atoms with Crippen LogP contribution in [0.25, 0.3) is 10.9 Å². The summed E-state index contributed by atoms with van der Waals surface area (Å²) in [5, 5.41) is 11.0. The fraction of sp³-hybridized carbons (Fsp3) is 0.389. The highest BCUT2D eigenvalue weighted by atomic mass is 16.1. The van der Waals surface area contributed by atoms with E-state index in [0.717, 1.165) is 42.4 Å². The summed E-state index contributed by atoms with van der Waals surface area (Å²) in [6.45, 7) is 5.14. The Bertz CT molecular complexity index is 793. The van der Waals surface area contributed by atoms with Gasteiger partial charge in [-0.2, -0.15) is 0 Å². The number of nitrogens with two attached hydrogens (primary N) is 1. The van der Waals surface area contributed by atoms with Crippen LogP contribution in [0.2, 0.25) is 0 Å². The maximum atomic E-state index is 12.6. The first kappa shape index (κ1) is 16.4. The number of amides is 1. The number of carbonyl (C=O) groups is 1. The lowest BCUT2D eigenvalue weighted by atomic mass is 10.0. The van der Waals surface area contributed by atoms with Gasteiger partial charge in [0.2, 0.25) is 0 Å². The van der Waals surface area contributed by atoms with E-state index in [0.29, 0.717) is 11.4 Å². The van der Waals surface area contributed by atoms with Crippen LogP contribution in [0.5, 0.6) is 0 Å². The number of hydrogen-bond donors (Lipinski definition) is 3. The van der Waals surface area contributed by atoms with Crippen LogP contribution in [0.3, 0.4) is 0 Å². The molecule has 1 aromatic heterocycles. The topological polar surface area (TPSA) is 95.1 Å². The van der Waals surface area contributed by atoms with Crippen LogP contribution in [0.1, 0.15) is 35.7 Å². The molecule has 1 aromatic carbocycles. The molecule has 4 N–H and O–H groups in total. The number of anilines is 1. The predicted molar refractivity (Wildman–Crippen MR) is 96.8 cm³/mol. The Balaban J connectivity index is 2.08. The number of nitrogens with one attached hydrogen (secondary N) is 2. The number of pyridine rings is 1. The van der Waals surface area contributed by atoms with Crippen LogP contribution < -0.4 is 16.0 Å². The third-order valence-electron chi connectivity index (χ3n) is 4.33. The molecule has 1 amide bonds. The number of fused-ring (bicyclic) bond motifs is 1.